The highest BCUT2D eigenvalue weighted by atomic mass is 32.2. The molecular weight excluding hydrogens is 216 g/mol. The molecule has 0 aromatic rings. The van der Waals surface area contributed by atoms with E-state index in [9.17, 15) is 9.59 Å². The van der Waals surface area contributed by atoms with E-state index < -0.39 is 5.44 Å². The van der Waals surface area contributed by atoms with Crippen LogP contribution in [-0.4, -0.2) is 24.0 Å². The standard InChI is InChI=1S/C10H16O4S/c1-4-8(11)13-7-10(15-6-3)14-9(12)5-2/h6,10H,3-5,7H2,1-2H3. The van der Waals surface area contributed by atoms with Crippen LogP contribution in [0.15, 0.2) is 12.0 Å². The topological polar surface area (TPSA) is 52.6 Å². The lowest BCUT2D eigenvalue weighted by Crippen LogP contribution is -2.21. The Morgan fingerprint density at radius 3 is 2.40 bits per heavy atom. The van der Waals surface area contributed by atoms with Gasteiger partial charge in [-0.05, 0) is 5.41 Å². The fourth-order valence-corrected chi connectivity index (χ4v) is 1.23. The SMILES string of the molecule is C=CSC(COC(=O)CC)OC(=O)CC. The van der Waals surface area contributed by atoms with Gasteiger partial charge in [0, 0.05) is 12.8 Å². The minimum Gasteiger partial charge on any atom is -0.461 e. The molecule has 0 aliphatic rings. The number of hydrogen-bond acceptors (Lipinski definition) is 5. The Morgan fingerprint density at radius 2 is 1.93 bits per heavy atom. The number of thioether (sulfide) groups is 1. The Kier molecular flexibility index (Phi) is 7.81. The largest absolute Gasteiger partial charge is 0.461 e. The van der Waals surface area contributed by atoms with Crippen molar-refractivity contribution in [2.24, 2.45) is 0 Å². The molecule has 0 saturated heterocycles. The number of ether oxygens (including phenoxy) is 2. The van der Waals surface area contributed by atoms with Gasteiger partial charge in [0.25, 0.3) is 0 Å². The fourth-order valence-electron chi connectivity index (χ4n) is 0.701. The maximum absolute atomic E-state index is 11.0. The lowest BCUT2D eigenvalue weighted by atomic mass is 10.5. The van der Waals surface area contributed by atoms with Crippen molar-refractivity contribution in [2.75, 3.05) is 6.61 Å². The molecule has 5 heteroatoms. The van der Waals surface area contributed by atoms with Gasteiger partial charge in [0.15, 0.2) is 5.44 Å². The summed E-state index contributed by atoms with van der Waals surface area (Å²) in [5.74, 6) is -0.626. The van der Waals surface area contributed by atoms with Crippen molar-refractivity contribution in [2.45, 2.75) is 32.1 Å². The van der Waals surface area contributed by atoms with Crippen LogP contribution in [0.1, 0.15) is 26.7 Å². The van der Waals surface area contributed by atoms with E-state index in [1.165, 1.54) is 11.8 Å². The molecule has 0 rings (SSSR count). The maximum atomic E-state index is 11.0. The highest BCUT2D eigenvalue weighted by molar-refractivity contribution is 8.02. The number of carbonyl (C=O) groups excluding carboxylic acids is 2. The van der Waals surface area contributed by atoms with Crippen LogP contribution < -0.4 is 0 Å². The highest BCUT2D eigenvalue weighted by Gasteiger charge is 2.14. The molecule has 0 N–H and O–H groups in total. The quantitative estimate of drug-likeness (QED) is 0.497. The Morgan fingerprint density at radius 1 is 1.33 bits per heavy atom. The molecule has 0 heterocycles. The predicted molar refractivity (Wildman–Crippen MR) is 59.2 cm³/mol. The molecule has 0 amide bonds. The fraction of sp³-hybridized carbons (Fsp3) is 0.600. The Balaban J connectivity index is 3.97. The molecule has 0 saturated carbocycles. The van der Waals surface area contributed by atoms with Crippen molar-refractivity contribution < 1.29 is 19.1 Å². The third-order valence-corrected chi connectivity index (χ3v) is 2.20. The summed E-state index contributed by atoms with van der Waals surface area (Å²) in [5, 5.41) is 1.55. The summed E-state index contributed by atoms with van der Waals surface area (Å²) in [4.78, 5) is 21.9. The first kappa shape index (κ1) is 14.0. The number of carbonyl (C=O) groups is 2. The lowest BCUT2D eigenvalue weighted by Gasteiger charge is -2.14. The van der Waals surface area contributed by atoms with Gasteiger partial charge in [-0.1, -0.05) is 32.2 Å². The molecule has 0 fully saturated rings. The average molecular weight is 232 g/mol. The van der Waals surface area contributed by atoms with E-state index in [-0.39, 0.29) is 18.5 Å². The molecule has 0 spiro atoms. The van der Waals surface area contributed by atoms with Crippen molar-refractivity contribution in [3.8, 4) is 0 Å². The van der Waals surface area contributed by atoms with Gasteiger partial charge >= 0.3 is 11.9 Å². The monoisotopic (exact) mass is 232 g/mol. The molecule has 0 aromatic heterocycles. The van der Waals surface area contributed by atoms with Crippen molar-refractivity contribution in [1.82, 2.24) is 0 Å². The average Bonchev–Trinajstić information content (AvgIpc) is 2.25. The first-order chi connectivity index (χ1) is 7.13. The Hall–Kier alpha value is -0.970. The van der Waals surface area contributed by atoms with Crippen LogP contribution in [0.5, 0.6) is 0 Å². The van der Waals surface area contributed by atoms with Crippen LogP contribution in [0.4, 0.5) is 0 Å². The first-order valence-electron chi connectivity index (χ1n) is 4.75. The number of rotatable bonds is 7. The number of hydrogen-bond donors (Lipinski definition) is 0. The molecule has 4 nitrogen and oxygen atoms in total. The van der Waals surface area contributed by atoms with E-state index in [1.54, 1.807) is 19.3 Å². The summed E-state index contributed by atoms with van der Waals surface area (Å²) in [5.41, 5.74) is -0.495. The molecule has 0 aromatic carbocycles. The van der Waals surface area contributed by atoms with E-state index in [4.69, 9.17) is 9.47 Å². The molecule has 1 atom stereocenters. The second-order valence-corrected chi connectivity index (χ2v) is 3.74. The molecular formula is C10H16O4S. The van der Waals surface area contributed by atoms with Crippen LogP contribution in [0.2, 0.25) is 0 Å². The van der Waals surface area contributed by atoms with E-state index in [2.05, 4.69) is 6.58 Å². The molecule has 1 unspecified atom stereocenters. The summed E-state index contributed by atoms with van der Waals surface area (Å²) in [6.07, 6.45) is 0.614. The zero-order chi connectivity index (χ0) is 11.7. The van der Waals surface area contributed by atoms with Crippen LogP contribution in [0.25, 0.3) is 0 Å². The van der Waals surface area contributed by atoms with E-state index in [0.29, 0.717) is 12.8 Å². The second kappa shape index (κ2) is 8.35. The third-order valence-electron chi connectivity index (χ3n) is 1.47. The molecule has 0 radical (unpaired) electrons. The predicted octanol–water partition coefficient (Wildman–Crippen LogP) is 2.10. The van der Waals surface area contributed by atoms with Crippen molar-refractivity contribution in [1.29, 1.82) is 0 Å². The summed E-state index contributed by atoms with van der Waals surface area (Å²) in [7, 11) is 0. The molecule has 0 aliphatic carbocycles. The van der Waals surface area contributed by atoms with Crippen LogP contribution >= 0.6 is 11.8 Å². The highest BCUT2D eigenvalue weighted by Crippen LogP contribution is 2.14. The van der Waals surface area contributed by atoms with Gasteiger partial charge in [-0.3, -0.25) is 9.59 Å². The number of esters is 2. The van der Waals surface area contributed by atoms with Gasteiger partial charge in [0.2, 0.25) is 0 Å². The van der Waals surface area contributed by atoms with Crippen LogP contribution in [0, 0.1) is 0 Å². The lowest BCUT2D eigenvalue weighted by molar-refractivity contribution is -0.153. The van der Waals surface area contributed by atoms with Crippen molar-refractivity contribution in [3.05, 3.63) is 12.0 Å². The minimum atomic E-state index is -0.495. The summed E-state index contributed by atoms with van der Waals surface area (Å²) in [6, 6.07) is 0. The Labute approximate surface area is 94.0 Å². The van der Waals surface area contributed by atoms with Gasteiger partial charge < -0.3 is 9.47 Å². The summed E-state index contributed by atoms with van der Waals surface area (Å²) < 4.78 is 9.88. The van der Waals surface area contributed by atoms with Crippen LogP contribution in [-0.2, 0) is 19.1 Å². The summed E-state index contributed by atoms with van der Waals surface area (Å²) >= 11 is 1.22. The maximum Gasteiger partial charge on any atom is 0.306 e. The van der Waals surface area contributed by atoms with E-state index >= 15 is 0 Å². The minimum absolute atomic E-state index is 0.0646. The van der Waals surface area contributed by atoms with Crippen molar-refractivity contribution >= 4 is 23.7 Å². The van der Waals surface area contributed by atoms with Gasteiger partial charge in [-0.15, -0.1) is 0 Å². The molecule has 15 heavy (non-hydrogen) atoms. The zero-order valence-electron chi connectivity index (χ0n) is 9.02. The molecule has 0 aliphatic heterocycles. The zero-order valence-corrected chi connectivity index (χ0v) is 9.84. The molecule has 86 valence electrons. The molecule has 0 bridgehead atoms. The first-order valence-corrected chi connectivity index (χ1v) is 5.69. The normalized spacial score (nSPS) is 11.6. The van der Waals surface area contributed by atoms with Gasteiger partial charge in [-0.2, -0.15) is 0 Å². The van der Waals surface area contributed by atoms with Gasteiger partial charge in [0.05, 0.1) is 0 Å². The van der Waals surface area contributed by atoms with Gasteiger partial charge in [0.1, 0.15) is 6.61 Å². The van der Waals surface area contributed by atoms with Gasteiger partial charge in [-0.25, -0.2) is 0 Å². The van der Waals surface area contributed by atoms with Crippen molar-refractivity contribution in [3.63, 3.8) is 0 Å². The Bertz CT molecular complexity index is 227. The van der Waals surface area contributed by atoms with E-state index in [0.717, 1.165) is 0 Å². The second-order valence-electron chi connectivity index (χ2n) is 2.61. The summed E-state index contributed by atoms with van der Waals surface area (Å²) in [6.45, 7) is 6.99. The smallest absolute Gasteiger partial charge is 0.306 e. The van der Waals surface area contributed by atoms with E-state index in [1.807, 2.05) is 0 Å². The van der Waals surface area contributed by atoms with Crippen LogP contribution in [0.3, 0.4) is 0 Å². The third kappa shape index (κ3) is 7.02.